The summed E-state index contributed by atoms with van der Waals surface area (Å²) in [5.74, 6) is 0. The molecule has 0 amide bonds. The highest BCUT2D eigenvalue weighted by Gasteiger charge is 2.26. The van der Waals surface area contributed by atoms with Gasteiger partial charge in [-0.25, -0.2) is 13.1 Å². The van der Waals surface area contributed by atoms with E-state index in [0.717, 1.165) is 37.5 Å². The van der Waals surface area contributed by atoms with Crippen molar-refractivity contribution in [3.8, 4) is 0 Å². The fourth-order valence-electron chi connectivity index (χ4n) is 2.15. The number of hydrogen-bond donors (Lipinski definition) is 2. The number of sulfonamides is 1. The lowest BCUT2D eigenvalue weighted by atomic mass is 10.3. The first-order valence-electron chi connectivity index (χ1n) is 6.51. The molecule has 0 radical (unpaired) electrons. The molecule has 7 heteroatoms. The number of hydrogen-bond acceptors (Lipinski definition) is 5. The van der Waals surface area contributed by atoms with Gasteiger partial charge in [0.25, 0.3) is 0 Å². The molecule has 2 N–H and O–H groups in total. The zero-order chi connectivity index (χ0) is 13.9. The zero-order valence-corrected chi connectivity index (χ0v) is 13.0. The summed E-state index contributed by atoms with van der Waals surface area (Å²) in [5.41, 5.74) is 0. The Morgan fingerprint density at radius 2 is 2.26 bits per heavy atom. The molecular formula is C12H21N3O2S2. The molecule has 0 aliphatic carbocycles. The lowest BCUT2D eigenvalue weighted by molar-refractivity contribution is 0.407. The maximum Gasteiger partial charge on any atom is 0.250 e. The first kappa shape index (κ1) is 14.9. The monoisotopic (exact) mass is 303 g/mol. The largest absolute Gasteiger partial charge is 0.312 e. The second-order valence-electron chi connectivity index (χ2n) is 4.87. The number of nitrogens with one attached hydrogen (secondary N) is 2. The molecule has 1 aliphatic rings. The zero-order valence-electron chi connectivity index (χ0n) is 11.3. The molecule has 2 rings (SSSR count). The van der Waals surface area contributed by atoms with E-state index < -0.39 is 10.0 Å². The number of likely N-dealkylation sites (N-methyl/N-ethyl adjacent to an activating group) is 1. The van der Waals surface area contributed by atoms with Crippen LogP contribution in [-0.2, 0) is 16.6 Å². The Kier molecular flexibility index (Phi) is 4.97. The molecule has 0 spiro atoms. The summed E-state index contributed by atoms with van der Waals surface area (Å²) >= 11 is 1.34. The third-order valence-electron chi connectivity index (χ3n) is 3.16. The molecule has 1 fully saturated rings. The highest BCUT2D eigenvalue weighted by Crippen LogP contribution is 2.22. The van der Waals surface area contributed by atoms with E-state index in [1.165, 1.54) is 11.3 Å². The quantitative estimate of drug-likeness (QED) is 0.817. The van der Waals surface area contributed by atoms with Crippen molar-refractivity contribution in [3.05, 3.63) is 17.0 Å². The summed E-state index contributed by atoms with van der Waals surface area (Å²) in [4.78, 5) is 3.18. The fourth-order valence-corrected chi connectivity index (χ4v) is 4.76. The number of rotatable bonds is 6. The van der Waals surface area contributed by atoms with Gasteiger partial charge in [0.15, 0.2) is 0 Å². The van der Waals surface area contributed by atoms with E-state index in [0.29, 0.717) is 4.21 Å². The van der Waals surface area contributed by atoms with Gasteiger partial charge < -0.3 is 10.2 Å². The molecule has 1 aromatic rings. The molecule has 1 atom stereocenters. The van der Waals surface area contributed by atoms with Crippen LogP contribution in [0.2, 0.25) is 0 Å². The minimum absolute atomic E-state index is 0.0364. The third kappa shape index (κ3) is 4.00. The summed E-state index contributed by atoms with van der Waals surface area (Å²) in [7, 11) is -1.35. The molecule has 1 aromatic heterocycles. The molecule has 2 heterocycles. The molecule has 5 nitrogen and oxygen atoms in total. The molecule has 108 valence electrons. The highest BCUT2D eigenvalue weighted by molar-refractivity contribution is 7.91. The van der Waals surface area contributed by atoms with Gasteiger partial charge in [0.1, 0.15) is 4.21 Å². The Hall–Kier alpha value is -0.470. The molecular weight excluding hydrogens is 282 g/mol. The molecule has 0 bridgehead atoms. The van der Waals surface area contributed by atoms with Gasteiger partial charge in [-0.3, -0.25) is 0 Å². The van der Waals surface area contributed by atoms with E-state index in [-0.39, 0.29) is 6.04 Å². The first-order valence-corrected chi connectivity index (χ1v) is 8.81. The standard InChI is InChI=1S/C12H21N3O2S2/c1-3-13-8-11-4-5-12(18-11)19(16,17)14-10-6-7-15(2)9-10/h4-5,10,13-14H,3,6-9H2,1-2H3. The summed E-state index contributed by atoms with van der Waals surface area (Å²) in [6.07, 6.45) is 0.880. The predicted molar refractivity (Wildman–Crippen MR) is 77.9 cm³/mol. The van der Waals surface area contributed by atoms with Crippen LogP contribution in [-0.4, -0.2) is 46.0 Å². The summed E-state index contributed by atoms with van der Waals surface area (Å²) in [5, 5.41) is 3.20. The van der Waals surface area contributed by atoms with Crippen molar-refractivity contribution in [2.75, 3.05) is 26.7 Å². The van der Waals surface area contributed by atoms with Crippen molar-refractivity contribution in [3.63, 3.8) is 0 Å². The average molecular weight is 303 g/mol. The van der Waals surface area contributed by atoms with Crippen LogP contribution in [0.25, 0.3) is 0 Å². The van der Waals surface area contributed by atoms with Crippen molar-refractivity contribution < 1.29 is 8.42 Å². The van der Waals surface area contributed by atoms with Crippen LogP contribution < -0.4 is 10.0 Å². The van der Waals surface area contributed by atoms with Gasteiger partial charge in [0.05, 0.1) is 0 Å². The van der Waals surface area contributed by atoms with Crippen LogP contribution in [0.3, 0.4) is 0 Å². The lowest BCUT2D eigenvalue weighted by Gasteiger charge is -2.12. The van der Waals surface area contributed by atoms with Crippen molar-refractivity contribution in [1.29, 1.82) is 0 Å². The van der Waals surface area contributed by atoms with Crippen molar-refractivity contribution in [2.24, 2.45) is 0 Å². The maximum atomic E-state index is 12.2. The smallest absolute Gasteiger partial charge is 0.250 e. The second kappa shape index (κ2) is 6.32. The normalized spacial score (nSPS) is 21.1. The minimum atomic E-state index is -3.36. The van der Waals surface area contributed by atoms with E-state index in [2.05, 4.69) is 14.9 Å². The van der Waals surface area contributed by atoms with Gasteiger partial charge in [-0.1, -0.05) is 6.92 Å². The van der Waals surface area contributed by atoms with Crippen molar-refractivity contribution >= 4 is 21.4 Å². The van der Waals surface area contributed by atoms with Crippen LogP contribution in [0, 0.1) is 0 Å². The Morgan fingerprint density at radius 3 is 2.89 bits per heavy atom. The molecule has 0 aromatic carbocycles. The van der Waals surface area contributed by atoms with Gasteiger partial charge in [-0.05, 0) is 38.7 Å². The average Bonchev–Trinajstić information content (AvgIpc) is 2.95. The number of nitrogens with zero attached hydrogens (tertiary/aromatic N) is 1. The Labute approximate surface area is 119 Å². The van der Waals surface area contributed by atoms with Gasteiger partial charge in [0, 0.05) is 24.0 Å². The topological polar surface area (TPSA) is 61.4 Å². The second-order valence-corrected chi connectivity index (χ2v) is 7.98. The van der Waals surface area contributed by atoms with E-state index in [1.54, 1.807) is 6.07 Å². The minimum Gasteiger partial charge on any atom is -0.312 e. The van der Waals surface area contributed by atoms with Gasteiger partial charge in [-0.15, -0.1) is 11.3 Å². The van der Waals surface area contributed by atoms with Crippen molar-refractivity contribution in [2.45, 2.75) is 30.1 Å². The van der Waals surface area contributed by atoms with Gasteiger partial charge >= 0.3 is 0 Å². The maximum absolute atomic E-state index is 12.2. The van der Waals surface area contributed by atoms with Crippen LogP contribution in [0.5, 0.6) is 0 Å². The molecule has 19 heavy (non-hydrogen) atoms. The van der Waals surface area contributed by atoms with E-state index in [4.69, 9.17) is 0 Å². The van der Waals surface area contributed by atoms with E-state index >= 15 is 0 Å². The fraction of sp³-hybridized carbons (Fsp3) is 0.667. The highest BCUT2D eigenvalue weighted by atomic mass is 32.2. The summed E-state index contributed by atoms with van der Waals surface area (Å²) in [6, 6.07) is 3.61. The predicted octanol–water partition coefficient (Wildman–Crippen LogP) is 0.840. The summed E-state index contributed by atoms with van der Waals surface area (Å²) in [6.45, 7) is 5.37. The molecule has 1 saturated heterocycles. The Balaban J connectivity index is 2.00. The Morgan fingerprint density at radius 1 is 1.47 bits per heavy atom. The Bertz CT molecular complexity index is 513. The van der Waals surface area contributed by atoms with Gasteiger partial charge in [0.2, 0.25) is 10.0 Å². The van der Waals surface area contributed by atoms with Crippen LogP contribution in [0.15, 0.2) is 16.3 Å². The first-order chi connectivity index (χ1) is 9.01. The SMILES string of the molecule is CCNCc1ccc(S(=O)(=O)NC2CCN(C)C2)s1. The number of likely N-dealkylation sites (tertiary alicyclic amines) is 1. The third-order valence-corrected chi connectivity index (χ3v) is 6.26. The van der Waals surface area contributed by atoms with Crippen molar-refractivity contribution in [1.82, 2.24) is 14.9 Å². The number of thiophene rings is 1. The molecule has 0 saturated carbocycles. The van der Waals surface area contributed by atoms with Gasteiger partial charge in [-0.2, -0.15) is 0 Å². The summed E-state index contributed by atoms with van der Waals surface area (Å²) < 4.78 is 27.7. The molecule has 1 unspecified atom stereocenters. The van der Waals surface area contributed by atoms with Crippen LogP contribution >= 0.6 is 11.3 Å². The van der Waals surface area contributed by atoms with E-state index in [1.807, 2.05) is 20.0 Å². The van der Waals surface area contributed by atoms with E-state index in [9.17, 15) is 8.42 Å². The molecule has 1 aliphatic heterocycles. The lowest BCUT2D eigenvalue weighted by Crippen LogP contribution is -2.36. The van der Waals surface area contributed by atoms with Crippen LogP contribution in [0.1, 0.15) is 18.2 Å². The van der Waals surface area contributed by atoms with Crippen LogP contribution in [0.4, 0.5) is 0 Å².